The minimum Gasteiger partial charge on any atom is -0.493 e. The summed E-state index contributed by atoms with van der Waals surface area (Å²) in [5, 5.41) is 0. The summed E-state index contributed by atoms with van der Waals surface area (Å²) in [6.45, 7) is 2.79. The molecular weight excluding hydrogens is 264 g/mol. The van der Waals surface area contributed by atoms with Crippen LogP contribution in [-0.2, 0) is 11.2 Å². The van der Waals surface area contributed by atoms with Gasteiger partial charge in [0.1, 0.15) is 5.75 Å². The maximum absolute atomic E-state index is 12.0. The van der Waals surface area contributed by atoms with E-state index < -0.39 is 0 Å². The zero-order valence-corrected chi connectivity index (χ0v) is 12.3. The number of hydrogen-bond acceptors (Lipinski definition) is 3. The van der Waals surface area contributed by atoms with Crippen molar-refractivity contribution >= 4 is 5.97 Å². The molecule has 2 aromatic rings. The predicted molar refractivity (Wildman–Crippen MR) is 81.8 cm³/mol. The molecule has 0 atom stereocenters. The molecule has 0 spiro atoms. The summed E-state index contributed by atoms with van der Waals surface area (Å²) in [4.78, 5) is 12.0. The summed E-state index contributed by atoms with van der Waals surface area (Å²) in [5.74, 6) is 0.654. The van der Waals surface area contributed by atoms with Crippen LogP contribution in [0.25, 0.3) is 11.1 Å². The van der Waals surface area contributed by atoms with Crippen molar-refractivity contribution in [1.29, 1.82) is 0 Å². The molecule has 0 radical (unpaired) electrons. The first kappa shape index (κ1) is 13.7. The molecule has 0 aliphatic carbocycles. The Kier molecular flexibility index (Phi) is 3.65. The van der Waals surface area contributed by atoms with Crippen LogP contribution in [0.2, 0.25) is 0 Å². The van der Waals surface area contributed by atoms with E-state index >= 15 is 0 Å². The summed E-state index contributed by atoms with van der Waals surface area (Å²) >= 11 is 0. The largest absolute Gasteiger partial charge is 0.493 e. The zero-order chi connectivity index (χ0) is 14.8. The molecule has 108 valence electrons. The molecule has 0 amide bonds. The normalized spacial score (nSPS) is 13.2. The summed E-state index contributed by atoms with van der Waals surface area (Å²) in [6.07, 6.45) is 2.05. The van der Waals surface area contributed by atoms with E-state index in [2.05, 4.69) is 6.07 Å². The molecule has 1 heterocycles. The standard InChI is InChI=1S/C18H18O3/c1-12-5-3-7-15(18(19)20-2)17(12)14-8-9-16-13(11-14)6-4-10-21-16/h3,5,7-9,11H,4,6,10H2,1-2H3. The number of rotatable bonds is 2. The van der Waals surface area contributed by atoms with Gasteiger partial charge in [0.2, 0.25) is 0 Å². The lowest BCUT2D eigenvalue weighted by molar-refractivity contribution is 0.0601. The first-order valence-corrected chi connectivity index (χ1v) is 7.14. The van der Waals surface area contributed by atoms with E-state index in [-0.39, 0.29) is 5.97 Å². The quantitative estimate of drug-likeness (QED) is 0.786. The van der Waals surface area contributed by atoms with Crippen molar-refractivity contribution in [3.63, 3.8) is 0 Å². The number of aryl methyl sites for hydroxylation is 2. The monoisotopic (exact) mass is 282 g/mol. The van der Waals surface area contributed by atoms with Crippen molar-refractivity contribution in [3.8, 4) is 16.9 Å². The Balaban J connectivity index is 2.14. The van der Waals surface area contributed by atoms with Gasteiger partial charge < -0.3 is 9.47 Å². The third-order valence-electron chi connectivity index (χ3n) is 3.88. The van der Waals surface area contributed by atoms with Crippen LogP contribution in [0.15, 0.2) is 36.4 Å². The molecule has 0 saturated carbocycles. The van der Waals surface area contributed by atoms with Gasteiger partial charge in [0.25, 0.3) is 0 Å². The highest BCUT2D eigenvalue weighted by Gasteiger charge is 2.17. The molecule has 1 aliphatic heterocycles. The third-order valence-corrected chi connectivity index (χ3v) is 3.88. The van der Waals surface area contributed by atoms with Crippen molar-refractivity contribution in [2.75, 3.05) is 13.7 Å². The van der Waals surface area contributed by atoms with Gasteiger partial charge >= 0.3 is 5.97 Å². The molecule has 0 fully saturated rings. The molecule has 0 N–H and O–H groups in total. The van der Waals surface area contributed by atoms with Gasteiger partial charge in [-0.2, -0.15) is 0 Å². The highest BCUT2D eigenvalue weighted by molar-refractivity contribution is 5.98. The van der Waals surface area contributed by atoms with E-state index in [4.69, 9.17) is 9.47 Å². The van der Waals surface area contributed by atoms with Gasteiger partial charge in [-0.15, -0.1) is 0 Å². The number of carbonyl (C=O) groups is 1. The second-order valence-electron chi connectivity index (χ2n) is 5.26. The molecule has 0 aromatic heterocycles. The number of esters is 1. The summed E-state index contributed by atoms with van der Waals surface area (Å²) in [6, 6.07) is 11.8. The van der Waals surface area contributed by atoms with Crippen LogP contribution in [0.5, 0.6) is 5.75 Å². The van der Waals surface area contributed by atoms with E-state index in [0.717, 1.165) is 41.9 Å². The summed E-state index contributed by atoms with van der Waals surface area (Å²) in [7, 11) is 1.41. The molecule has 0 unspecified atom stereocenters. The lowest BCUT2D eigenvalue weighted by atomic mass is 9.92. The first-order valence-electron chi connectivity index (χ1n) is 7.14. The molecule has 21 heavy (non-hydrogen) atoms. The number of carbonyl (C=O) groups excluding carboxylic acids is 1. The van der Waals surface area contributed by atoms with Crippen LogP contribution in [0.3, 0.4) is 0 Å². The molecule has 2 aromatic carbocycles. The first-order chi connectivity index (χ1) is 10.2. The molecule has 3 rings (SSSR count). The highest BCUT2D eigenvalue weighted by Crippen LogP contribution is 2.33. The van der Waals surface area contributed by atoms with E-state index in [1.165, 1.54) is 12.7 Å². The van der Waals surface area contributed by atoms with Crippen molar-refractivity contribution < 1.29 is 14.3 Å². The average Bonchev–Trinajstić information content (AvgIpc) is 2.53. The number of methoxy groups -OCH3 is 1. The van der Waals surface area contributed by atoms with E-state index in [0.29, 0.717) is 5.56 Å². The Morgan fingerprint density at radius 1 is 1.24 bits per heavy atom. The molecule has 0 saturated heterocycles. The van der Waals surface area contributed by atoms with Crippen LogP contribution in [0.4, 0.5) is 0 Å². The van der Waals surface area contributed by atoms with Crippen LogP contribution in [0, 0.1) is 6.92 Å². The van der Waals surface area contributed by atoms with E-state index in [9.17, 15) is 4.79 Å². The van der Waals surface area contributed by atoms with Gasteiger partial charge in [-0.3, -0.25) is 0 Å². The second kappa shape index (κ2) is 5.60. The second-order valence-corrected chi connectivity index (χ2v) is 5.26. The van der Waals surface area contributed by atoms with Gasteiger partial charge in [0.05, 0.1) is 19.3 Å². The predicted octanol–water partition coefficient (Wildman–Crippen LogP) is 3.77. The number of hydrogen-bond donors (Lipinski definition) is 0. The average molecular weight is 282 g/mol. The Morgan fingerprint density at radius 2 is 2.10 bits per heavy atom. The SMILES string of the molecule is COC(=O)c1cccc(C)c1-c1ccc2c(c1)CCCO2. The highest BCUT2D eigenvalue weighted by atomic mass is 16.5. The van der Waals surface area contributed by atoms with Gasteiger partial charge in [-0.05, 0) is 60.2 Å². The zero-order valence-electron chi connectivity index (χ0n) is 12.3. The lowest BCUT2D eigenvalue weighted by Gasteiger charge is -2.19. The van der Waals surface area contributed by atoms with Crippen LogP contribution >= 0.6 is 0 Å². The third kappa shape index (κ3) is 2.51. The van der Waals surface area contributed by atoms with Gasteiger partial charge in [0, 0.05) is 0 Å². The minimum atomic E-state index is -0.303. The summed E-state index contributed by atoms with van der Waals surface area (Å²) < 4.78 is 10.6. The summed E-state index contributed by atoms with van der Waals surface area (Å²) in [5.41, 5.74) is 4.86. The van der Waals surface area contributed by atoms with Crippen LogP contribution < -0.4 is 4.74 Å². The fourth-order valence-corrected chi connectivity index (χ4v) is 2.85. The number of ether oxygens (including phenoxy) is 2. The lowest BCUT2D eigenvalue weighted by Crippen LogP contribution is -2.09. The maximum atomic E-state index is 12.0. The molecule has 3 nitrogen and oxygen atoms in total. The van der Waals surface area contributed by atoms with Crippen molar-refractivity contribution in [2.45, 2.75) is 19.8 Å². The Bertz CT molecular complexity index is 689. The Labute approximate surface area is 124 Å². The van der Waals surface area contributed by atoms with E-state index in [1.807, 2.05) is 37.3 Å². The molecule has 3 heteroatoms. The fourth-order valence-electron chi connectivity index (χ4n) is 2.85. The van der Waals surface area contributed by atoms with Gasteiger partial charge in [0.15, 0.2) is 0 Å². The van der Waals surface area contributed by atoms with Gasteiger partial charge in [-0.1, -0.05) is 18.2 Å². The van der Waals surface area contributed by atoms with E-state index in [1.54, 1.807) is 0 Å². The smallest absolute Gasteiger partial charge is 0.338 e. The molecule has 0 bridgehead atoms. The maximum Gasteiger partial charge on any atom is 0.338 e. The van der Waals surface area contributed by atoms with Crippen molar-refractivity contribution in [1.82, 2.24) is 0 Å². The minimum absolute atomic E-state index is 0.303. The molecular formula is C18H18O3. The fraction of sp³-hybridized carbons (Fsp3) is 0.278. The van der Waals surface area contributed by atoms with Crippen LogP contribution in [-0.4, -0.2) is 19.7 Å². The Morgan fingerprint density at radius 3 is 2.90 bits per heavy atom. The van der Waals surface area contributed by atoms with Crippen molar-refractivity contribution in [3.05, 3.63) is 53.1 Å². The topological polar surface area (TPSA) is 35.5 Å². The molecule has 1 aliphatic rings. The number of benzene rings is 2. The van der Waals surface area contributed by atoms with Gasteiger partial charge in [-0.25, -0.2) is 4.79 Å². The van der Waals surface area contributed by atoms with Crippen LogP contribution in [0.1, 0.15) is 27.9 Å². The Hall–Kier alpha value is -2.29. The number of fused-ring (bicyclic) bond motifs is 1. The van der Waals surface area contributed by atoms with Crippen molar-refractivity contribution in [2.24, 2.45) is 0 Å².